The maximum atomic E-state index is 10.1. The first kappa shape index (κ1) is 14.5. The smallest absolute Gasteiger partial charge is 0.115 e. The summed E-state index contributed by atoms with van der Waals surface area (Å²) >= 11 is 0. The second kappa shape index (κ2) is 5.63. The van der Waals surface area contributed by atoms with Crippen molar-refractivity contribution < 1.29 is 5.11 Å². The van der Waals surface area contributed by atoms with Gasteiger partial charge in [-0.3, -0.25) is 4.90 Å². The van der Waals surface area contributed by atoms with Gasteiger partial charge < -0.3 is 5.11 Å². The predicted molar refractivity (Wildman–Crippen MR) is 96.3 cm³/mol. The number of aromatic hydroxyl groups is 1. The van der Waals surface area contributed by atoms with E-state index in [0.717, 1.165) is 24.7 Å². The maximum absolute atomic E-state index is 10.1. The number of aryl methyl sites for hydroxylation is 1. The van der Waals surface area contributed by atoms with Gasteiger partial charge in [-0.05, 0) is 66.3 Å². The fourth-order valence-electron chi connectivity index (χ4n) is 5.12. The average molecular weight is 319 g/mol. The van der Waals surface area contributed by atoms with Gasteiger partial charge in [0.2, 0.25) is 0 Å². The number of likely N-dealkylation sites (tertiary alicyclic amines) is 1. The maximum Gasteiger partial charge on any atom is 0.115 e. The van der Waals surface area contributed by atoms with E-state index in [4.69, 9.17) is 0 Å². The van der Waals surface area contributed by atoms with Crippen LogP contribution in [0.15, 0.2) is 48.5 Å². The largest absolute Gasteiger partial charge is 0.508 e. The van der Waals surface area contributed by atoms with Crippen molar-refractivity contribution in [3.8, 4) is 5.75 Å². The van der Waals surface area contributed by atoms with E-state index in [0.29, 0.717) is 17.7 Å². The van der Waals surface area contributed by atoms with Gasteiger partial charge in [-0.2, -0.15) is 0 Å². The van der Waals surface area contributed by atoms with Gasteiger partial charge in [-0.25, -0.2) is 0 Å². The summed E-state index contributed by atoms with van der Waals surface area (Å²) < 4.78 is 0. The number of hydrogen-bond acceptors (Lipinski definition) is 2. The van der Waals surface area contributed by atoms with Crippen LogP contribution in [0.4, 0.5) is 0 Å². The van der Waals surface area contributed by atoms with E-state index >= 15 is 0 Å². The summed E-state index contributed by atoms with van der Waals surface area (Å²) in [5.74, 6) is 2.87. The van der Waals surface area contributed by atoms with Crippen molar-refractivity contribution in [2.75, 3.05) is 13.1 Å². The van der Waals surface area contributed by atoms with E-state index in [9.17, 15) is 5.11 Å². The highest BCUT2D eigenvalue weighted by Gasteiger charge is 2.48. The second-order valence-electron chi connectivity index (χ2n) is 8.00. The lowest BCUT2D eigenvalue weighted by Crippen LogP contribution is -2.42. The average Bonchev–Trinajstić information content (AvgIpc) is 3.22. The van der Waals surface area contributed by atoms with Gasteiger partial charge in [0.1, 0.15) is 5.75 Å². The Hall–Kier alpha value is -1.80. The third kappa shape index (κ3) is 2.53. The van der Waals surface area contributed by atoms with Crippen molar-refractivity contribution >= 4 is 0 Å². The summed E-state index contributed by atoms with van der Waals surface area (Å²) in [7, 11) is 0. The number of benzene rings is 2. The van der Waals surface area contributed by atoms with Gasteiger partial charge in [0, 0.05) is 25.0 Å². The molecule has 1 heterocycles. The number of hydrogen-bond donors (Lipinski definition) is 1. The van der Waals surface area contributed by atoms with Crippen molar-refractivity contribution in [1.29, 1.82) is 0 Å². The van der Waals surface area contributed by atoms with Crippen molar-refractivity contribution in [1.82, 2.24) is 4.90 Å². The fourth-order valence-corrected chi connectivity index (χ4v) is 5.12. The van der Waals surface area contributed by atoms with E-state index in [1.807, 2.05) is 12.1 Å². The normalized spacial score (nSPS) is 31.5. The summed E-state index contributed by atoms with van der Waals surface area (Å²) in [5.41, 5.74) is 4.23. The zero-order valence-corrected chi connectivity index (χ0v) is 14.1. The predicted octanol–water partition coefficient (Wildman–Crippen LogP) is 3.99. The van der Waals surface area contributed by atoms with Crippen LogP contribution >= 0.6 is 0 Å². The minimum atomic E-state index is 0.414. The third-order valence-corrected chi connectivity index (χ3v) is 6.48. The molecule has 3 aliphatic rings. The van der Waals surface area contributed by atoms with Crippen LogP contribution in [0.3, 0.4) is 0 Å². The van der Waals surface area contributed by atoms with Crippen LogP contribution in [-0.2, 0) is 12.8 Å². The molecule has 0 spiro atoms. The molecule has 2 aromatic rings. The molecule has 1 saturated heterocycles. The van der Waals surface area contributed by atoms with E-state index in [1.54, 1.807) is 0 Å². The molecule has 2 nitrogen and oxygen atoms in total. The van der Waals surface area contributed by atoms with Crippen LogP contribution in [0.25, 0.3) is 0 Å². The Morgan fingerprint density at radius 3 is 2.58 bits per heavy atom. The molecule has 1 saturated carbocycles. The third-order valence-electron chi connectivity index (χ3n) is 6.48. The molecule has 0 radical (unpaired) electrons. The Balaban J connectivity index is 1.49. The summed E-state index contributed by atoms with van der Waals surface area (Å²) in [6.07, 6.45) is 4.95. The quantitative estimate of drug-likeness (QED) is 0.925. The molecule has 24 heavy (non-hydrogen) atoms. The van der Waals surface area contributed by atoms with Gasteiger partial charge in [0.15, 0.2) is 0 Å². The van der Waals surface area contributed by atoms with Gasteiger partial charge >= 0.3 is 0 Å². The van der Waals surface area contributed by atoms with Crippen LogP contribution in [0.2, 0.25) is 0 Å². The Morgan fingerprint density at radius 1 is 1.00 bits per heavy atom. The molecule has 2 heteroatoms. The molecule has 2 unspecified atom stereocenters. The Labute approximate surface area is 144 Å². The van der Waals surface area contributed by atoms with Crippen LogP contribution in [0, 0.1) is 11.8 Å². The highest BCUT2D eigenvalue weighted by molar-refractivity contribution is 5.41. The Kier molecular flexibility index (Phi) is 3.41. The summed E-state index contributed by atoms with van der Waals surface area (Å²) in [6, 6.07) is 17.5. The minimum absolute atomic E-state index is 0.414. The lowest BCUT2D eigenvalue weighted by molar-refractivity contribution is 0.170. The number of nitrogens with zero attached hydrogens (tertiary/aromatic N) is 1. The van der Waals surface area contributed by atoms with Crippen LogP contribution < -0.4 is 0 Å². The SMILES string of the molecule is Oc1ccc2c(c1)[C@H](Cc1ccccc1)[C@H](N1CC3CC3C1)CC2. The molecule has 4 atom stereocenters. The number of phenolic OH excluding ortho intramolecular Hbond substituents is 1. The van der Waals surface area contributed by atoms with E-state index in [1.165, 1.54) is 42.6 Å². The first-order valence-electron chi connectivity index (χ1n) is 9.37. The monoisotopic (exact) mass is 319 g/mol. The molecule has 0 bridgehead atoms. The summed E-state index contributed by atoms with van der Waals surface area (Å²) in [4.78, 5) is 2.76. The second-order valence-corrected chi connectivity index (χ2v) is 8.00. The van der Waals surface area contributed by atoms with Crippen molar-refractivity contribution in [3.05, 3.63) is 65.2 Å². The van der Waals surface area contributed by atoms with Gasteiger partial charge in [0.05, 0.1) is 0 Å². The molecule has 2 fully saturated rings. The van der Waals surface area contributed by atoms with Crippen molar-refractivity contribution in [3.63, 3.8) is 0 Å². The molecular weight excluding hydrogens is 294 g/mol. The van der Waals surface area contributed by atoms with E-state index in [-0.39, 0.29) is 0 Å². The first-order chi connectivity index (χ1) is 11.8. The van der Waals surface area contributed by atoms with E-state index in [2.05, 4.69) is 41.3 Å². The number of rotatable bonds is 3. The highest BCUT2D eigenvalue weighted by Crippen LogP contribution is 2.48. The highest BCUT2D eigenvalue weighted by atomic mass is 16.3. The molecule has 0 aromatic heterocycles. The topological polar surface area (TPSA) is 23.5 Å². The van der Waals surface area contributed by atoms with Gasteiger partial charge in [0.25, 0.3) is 0 Å². The number of fused-ring (bicyclic) bond motifs is 2. The molecule has 124 valence electrons. The van der Waals surface area contributed by atoms with Gasteiger partial charge in [-0.15, -0.1) is 0 Å². The molecular formula is C22H25NO. The summed E-state index contributed by atoms with van der Waals surface area (Å²) in [6.45, 7) is 2.60. The van der Waals surface area contributed by atoms with Crippen molar-refractivity contribution in [2.24, 2.45) is 11.8 Å². The van der Waals surface area contributed by atoms with Gasteiger partial charge in [-0.1, -0.05) is 36.4 Å². The summed E-state index contributed by atoms with van der Waals surface area (Å²) in [5, 5.41) is 10.1. The Morgan fingerprint density at radius 2 is 1.79 bits per heavy atom. The lowest BCUT2D eigenvalue weighted by Gasteiger charge is -2.40. The number of phenols is 1. The first-order valence-corrected chi connectivity index (χ1v) is 9.37. The molecule has 2 aliphatic carbocycles. The van der Waals surface area contributed by atoms with Crippen LogP contribution in [0.5, 0.6) is 5.75 Å². The molecule has 5 rings (SSSR count). The van der Waals surface area contributed by atoms with Crippen LogP contribution in [0.1, 0.15) is 35.4 Å². The molecule has 1 aliphatic heterocycles. The molecule has 1 N–H and O–H groups in total. The van der Waals surface area contributed by atoms with Crippen LogP contribution in [-0.4, -0.2) is 29.1 Å². The minimum Gasteiger partial charge on any atom is -0.508 e. The van der Waals surface area contributed by atoms with E-state index < -0.39 is 0 Å². The Bertz CT molecular complexity index is 731. The van der Waals surface area contributed by atoms with Crippen molar-refractivity contribution in [2.45, 2.75) is 37.6 Å². The molecule has 0 amide bonds. The standard InChI is InChI=1S/C22H25NO/c24-19-8-6-16-7-9-22(23-13-17-11-18(17)14-23)21(20(16)12-19)10-15-4-2-1-3-5-15/h1-6,8,12,17-18,21-22,24H,7,9-11,13-14H2/t17?,18?,21-,22+/m0/s1. The molecule has 2 aromatic carbocycles. The zero-order chi connectivity index (χ0) is 16.1. The zero-order valence-electron chi connectivity index (χ0n) is 14.1. The lowest BCUT2D eigenvalue weighted by atomic mass is 9.75. The number of piperidine rings is 1. The fraction of sp³-hybridized carbons (Fsp3) is 0.455.